The summed E-state index contributed by atoms with van der Waals surface area (Å²) in [6.07, 6.45) is 2.31. The summed E-state index contributed by atoms with van der Waals surface area (Å²) in [4.78, 5) is 35.1. The topological polar surface area (TPSA) is 72.5 Å². The highest BCUT2D eigenvalue weighted by Gasteiger charge is 2.23. The Bertz CT molecular complexity index is 614. The van der Waals surface area contributed by atoms with Crippen LogP contribution in [0, 0.1) is 0 Å². The maximum absolute atomic E-state index is 11.9. The highest BCUT2D eigenvalue weighted by molar-refractivity contribution is 6.20. The Balaban J connectivity index is 2.05. The van der Waals surface area contributed by atoms with E-state index in [0.717, 1.165) is 17.7 Å². The first kappa shape index (κ1) is 13.7. The zero-order valence-corrected chi connectivity index (χ0v) is 10.9. The van der Waals surface area contributed by atoms with E-state index in [1.165, 1.54) is 7.11 Å². The highest BCUT2D eigenvalue weighted by atomic mass is 16.5. The first-order chi connectivity index (χ1) is 9.60. The van der Waals surface area contributed by atoms with Gasteiger partial charge in [0.25, 0.3) is 0 Å². The van der Waals surface area contributed by atoms with Gasteiger partial charge in [0, 0.05) is 12.2 Å². The van der Waals surface area contributed by atoms with Crippen LogP contribution in [0.25, 0.3) is 0 Å². The fourth-order valence-corrected chi connectivity index (χ4v) is 1.80. The number of rotatable bonds is 4. The molecule has 0 saturated carbocycles. The summed E-state index contributed by atoms with van der Waals surface area (Å²) in [5, 5.41) is 2.44. The van der Waals surface area contributed by atoms with Gasteiger partial charge in [-0.15, -0.1) is 0 Å². The largest absolute Gasteiger partial charge is 0.492 e. The fraction of sp³-hybridized carbons (Fsp3) is 0.133. The molecule has 5 heteroatoms. The molecule has 1 aromatic carbocycles. The lowest BCUT2D eigenvalue weighted by Gasteiger charge is -2.13. The lowest BCUT2D eigenvalue weighted by molar-refractivity contribution is -0.122. The molecule has 0 heterocycles. The minimum absolute atomic E-state index is 0.0599. The van der Waals surface area contributed by atoms with Crippen molar-refractivity contribution >= 4 is 17.5 Å². The molecular weight excluding hydrogens is 258 g/mol. The summed E-state index contributed by atoms with van der Waals surface area (Å²) in [6, 6.07) is 9.11. The predicted molar refractivity (Wildman–Crippen MR) is 71.5 cm³/mol. The van der Waals surface area contributed by atoms with Crippen molar-refractivity contribution in [3.05, 3.63) is 59.5 Å². The Hall–Kier alpha value is -2.69. The summed E-state index contributed by atoms with van der Waals surface area (Å²) in [7, 11) is 1.30. The van der Waals surface area contributed by atoms with Gasteiger partial charge in [-0.1, -0.05) is 30.3 Å². The number of nitrogens with one attached hydrogen (secondary N) is 1. The van der Waals surface area contributed by atoms with E-state index < -0.39 is 11.6 Å². The molecule has 1 amide bonds. The van der Waals surface area contributed by atoms with Crippen molar-refractivity contribution in [2.24, 2.45) is 0 Å². The predicted octanol–water partition coefficient (Wildman–Crippen LogP) is 0.911. The summed E-state index contributed by atoms with van der Waals surface area (Å²) in [5.41, 5.74) is 0.762. The number of hydrogen-bond acceptors (Lipinski definition) is 4. The number of amides is 1. The van der Waals surface area contributed by atoms with Crippen LogP contribution in [-0.2, 0) is 25.5 Å². The van der Waals surface area contributed by atoms with Gasteiger partial charge in [-0.25, -0.2) is 0 Å². The van der Waals surface area contributed by atoms with Crippen LogP contribution in [0.1, 0.15) is 5.56 Å². The Labute approximate surface area is 115 Å². The SMILES string of the molecule is COC1=CC(=O)C=C(NC(=O)Cc2ccccc2)C1=O. The fourth-order valence-electron chi connectivity index (χ4n) is 1.80. The van der Waals surface area contributed by atoms with Crippen LogP contribution < -0.4 is 5.32 Å². The third-order valence-electron chi connectivity index (χ3n) is 2.73. The second-order valence-corrected chi connectivity index (χ2v) is 4.21. The lowest BCUT2D eigenvalue weighted by atomic mass is 10.1. The van der Waals surface area contributed by atoms with Gasteiger partial charge in [-0.2, -0.15) is 0 Å². The zero-order chi connectivity index (χ0) is 14.5. The number of carbonyl (C=O) groups excluding carboxylic acids is 3. The van der Waals surface area contributed by atoms with Gasteiger partial charge in [0.15, 0.2) is 11.5 Å². The maximum Gasteiger partial charge on any atom is 0.244 e. The quantitative estimate of drug-likeness (QED) is 0.826. The molecule has 0 bridgehead atoms. The number of ether oxygens (including phenoxy) is 1. The average molecular weight is 271 g/mol. The van der Waals surface area contributed by atoms with Crippen LogP contribution in [0.3, 0.4) is 0 Å². The van der Waals surface area contributed by atoms with Crippen LogP contribution in [0.4, 0.5) is 0 Å². The molecule has 1 aromatic rings. The number of ketones is 2. The number of allylic oxidation sites excluding steroid dienone is 2. The smallest absolute Gasteiger partial charge is 0.244 e. The van der Waals surface area contributed by atoms with E-state index in [9.17, 15) is 14.4 Å². The van der Waals surface area contributed by atoms with Crippen molar-refractivity contribution in [3.63, 3.8) is 0 Å². The van der Waals surface area contributed by atoms with E-state index >= 15 is 0 Å². The van der Waals surface area contributed by atoms with Gasteiger partial charge in [0.05, 0.1) is 19.2 Å². The van der Waals surface area contributed by atoms with Crippen molar-refractivity contribution in [2.45, 2.75) is 6.42 Å². The average Bonchev–Trinajstić information content (AvgIpc) is 2.43. The Morgan fingerprint density at radius 1 is 1.15 bits per heavy atom. The lowest BCUT2D eigenvalue weighted by Crippen LogP contribution is -2.32. The number of benzene rings is 1. The summed E-state index contributed by atoms with van der Waals surface area (Å²) < 4.78 is 4.80. The maximum atomic E-state index is 11.9. The van der Waals surface area contributed by atoms with E-state index in [2.05, 4.69) is 5.32 Å². The molecule has 0 saturated heterocycles. The summed E-state index contributed by atoms with van der Waals surface area (Å²) >= 11 is 0. The van der Waals surface area contributed by atoms with Gasteiger partial charge in [-0.3, -0.25) is 14.4 Å². The number of methoxy groups -OCH3 is 1. The molecule has 102 valence electrons. The van der Waals surface area contributed by atoms with E-state index in [1.54, 1.807) is 0 Å². The normalized spacial score (nSPS) is 14.4. The van der Waals surface area contributed by atoms with Crippen LogP contribution in [-0.4, -0.2) is 24.6 Å². The minimum Gasteiger partial charge on any atom is -0.492 e. The Morgan fingerprint density at radius 3 is 2.50 bits per heavy atom. The monoisotopic (exact) mass is 271 g/mol. The van der Waals surface area contributed by atoms with Crippen LogP contribution in [0.15, 0.2) is 53.9 Å². The molecule has 0 aromatic heterocycles. The second kappa shape index (κ2) is 5.97. The van der Waals surface area contributed by atoms with Gasteiger partial charge in [-0.05, 0) is 5.56 Å². The van der Waals surface area contributed by atoms with Crippen LogP contribution in [0.5, 0.6) is 0 Å². The van der Waals surface area contributed by atoms with E-state index in [4.69, 9.17) is 4.74 Å². The van der Waals surface area contributed by atoms with Gasteiger partial charge >= 0.3 is 0 Å². The van der Waals surface area contributed by atoms with E-state index in [0.29, 0.717) is 0 Å². The highest BCUT2D eigenvalue weighted by Crippen LogP contribution is 2.11. The van der Waals surface area contributed by atoms with Crippen molar-refractivity contribution in [1.29, 1.82) is 0 Å². The summed E-state index contributed by atoms with van der Waals surface area (Å²) in [5.74, 6) is -1.33. The molecule has 1 aliphatic carbocycles. The molecule has 5 nitrogen and oxygen atoms in total. The van der Waals surface area contributed by atoms with Crippen LogP contribution in [0.2, 0.25) is 0 Å². The van der Waals surface area contributed by atoms with Gasteiger partial charge in [0.1, 0.15) is 0 Å². The molecule has 0 atom stereocenters. The third-order valence-corrected chi connectivity index (χ3v) is 2.73. The Morgan fingerprint density at radius 2 is 1.85 bits per heavy atom. The molecule has 0 fully saturated rings. The molecule has 0 unspecified atom stereocenters. The summed E-state index contributed by atoms with van der Waals surface area (Å²) in [6.45, 7) is 0. The van der Waals surface area contributed by atoms with E-state index in [1.807, 2.05) is 30.3 Å². The molecule has 0 aliphatic heterocycles. The number of carbonyl (C=O) groups is 3. The Kier molecular flexibility index (Phi) is 4.10. The third kappa shape index (κ3) is 3.20. The van der Waals surface area contributed by atoms with Crippen molar-refractivity contribution in [1.82, 2.24) is 5.32 Å². The molecular formula is C15H13NO4. The number of hydrogen-bond donors (Lipinski definition) is 1. The van der Waals surface area contributed by atoms with Crippen molar-refractivity contribution in [3.8, 4) is 0 Å². The second-order valence-electron chi connectivity index (χ2n) is 4.21. The molecule has 20 heavy (non-hydrogen) atoms. The molecule has 1 N–H and O–H groups in total. The van der Waals surface area contributed by atoms with Crippen LogP contribution >= 0.6 is 0 Å². The molecule has 0 spiro atoms. The molecule has 2 rings (SSSR count). The van der Waals surface area contributed by atoms with Gasteiger partial charge in [0.2, 0.25) is 11.7 Å². The van der Waals surface area contributed by atoms with Gasteiger partial charge < -0.3 is 10.1 Å². The first-order valence-electron chi connectivity index (χ1n) is 6.00. The van der Waals surface area contributed by atoms with E-state index in [-0.39, 0.29) is 23.8 Å². The van der Waals surface area contributed by atoms with Crippen molar-refractivity contribution < 1.29 is 19.1 Å². The zero-order valence-electron chi connectivity index (χ0n) is 10.9. The standard InChI is InChI=1S/C15H13NO4/c1-20-13-9-11(17)8-12(15(13)19)16-14(18)7-10-5-3-2-4-6-10/h2-6,8-9H,7H2,1H3,(H,16,18). The molecule has 0 radical (unpaired) electrons. The minimum atomic E-state index is -0.506. The molecule has 1 aliphatic rings. The first-order valence-corrected chi connectivity index (χ1v) is 6.00. The van der Waals surface area contributed by atoms with Crippen molar-refractivity contribution in [2.75, 3.05) is 7.11 Å². The number of Topliss-reactive ketones (excluding diaryl/α,β-unsaturated/α-hetero) is 1.